The van der Waals surface area contributed by atoms with E-state index in [-0.39, 0.29) is 5.41 Å². The Bertz CT molecular complexity index is 3820. The van der Waals surface area contributed by atoms with Crippen LogP contribution in [0.15, 0.2) is 217 Å². The molecule has 3 heterocycles. The van der Waals surface area contributed by atoms with Crippen molar-refractivity contribution < 1.29 is 4.42 Å². The van der Waals surface area contributed by atoms with Crippen molar-refractivity contribution in [3.63, 3.8) is 0 Å². The van der Waals surface area contributed by atoms with Gasteiger partial charge in [0, 0.05) is 44.1 Å². The summed E-state index contributed by atoms with van der Waals surface area (Å²) in [6.07, 6.45) is 0. The standard InChI is InChI=1S/C61H41N5O/c1-61(2)51-37-44(26-29-47(51)48-30-33-54-56(55(48)61)62-60(67-54)41-22-13-6-14-23-41)43-28-32-53-50(36-43)49-35-42(38-16-7-3-8-17-38)27-31-52(49)66(53)46-25-15-24-45(34-46)59-64-57(39-18-9-4-10-19-39)63-58(65-59)40-20-11-5-12-21-40/h3-37H,1-2H3. The number of oxazole rings is 1. The number of fused-ring (bicyclic) bond motifs is 8. The van der Waals surface area contributed by atoms with Crippen LogP contribution in [0.2, 0.25) is 0 Å². The molecular formula is C61H41N5O. The second kappa shape index (κ2) is 15.2. The Hall–Kier alpha value is -8.74. The summed E-state index contributed by atoms with van der Waals surface area (Å²) in [4.78, 5) is 20.2. The number of hydrogen-bond acceptors (Lipinski definition) is 5. The summed E-state index contributed by atoms with van der Waals surface area (Å²) < 4.78 is 8.74. The van der Waals surface area contributed by atoms with Crippen molar-refractivity contribution in [2.75, 3.05) is 0 Å². The van der Waals surface area contributed by atoms with Crippen LogP contribution in [-0.2, 0) is 5.41 Å². The molecule has 12 aromatic rings. The zero-order valence-corrected chi connectivity index (χ0v) is 36.9. The van der Waals surface area contributed by atoms with Gasteiger partial charge in [0.1, 0.15) is 5.52 Å². The maximum absolute atomic E-state index is 6.36. The van der Waals surface area contributed by atoms with E-state index in [4.69, 9.17) is 24.4 Å². The number of rotatable bonds is 7. The smallest absolute Gasteiger partial charge is 0.227 e. The summed E-state index contributed by atoms with van der Waals surface area (Å²) in [5, 5.41) is 2.35. The minimum absolute atomic E-state index is 0.303. The van der Waals surface area contributed by atoms with Gasteiger partial charge in [0.25, 0.3) is 0 Å². The minimum atomic E-state index is -0.303. The topological polar surface area (TPSA) is 69.6 Å². The lowest BCUT2D eigenvalue weighted by Gasteiger charge is -2.22. The highest BCUT2D eigenvalue weighted by molar-refractivity contribution is 6.12. The van der Waals surface area contributed by atoms with E-state index >= 15 is 0 Å². The van der Waals surface area contributed by atoms with Crippen LogP contribution in [-0.4, -0.2) is 24.5 Å². The summed E-state index contributed by atoms with van der Waals surface area (Å²) in [5.41, 5.74) is 18.1. The monoisotopic (exact) mass is 859 g/mol. The van der Waals surface area contributed by atoms with E-state index in [2.05, 4.69) is 140 Å². The molecule has 0 unspecified atom stereocenters. The lowest BCUT2D eigenvalue weighted by Crippen LogP contribution is -2.15. The SMILES string of the molecule is CC1(C)c2cc(-c3ccc4c(c3)c3cc(-c5ccccc5)ccc3n4-c3cccc(-c4nc(-c5ccccc5)nc(-c5ccccc5)n4)c3)ccc2-c2ccc3oc(-c4ccccc4)nc3c21. The Kier molecular flexibility index (Phi) is 8.77. The van der Waals surface area contributed by atoms with E-state index in [0.717, 1.165) is 55.6 Å². The van der Waals surface area contributed by atoms with E-state index < -0.39 is 0 Å². The molecule has 0 bridgehead atoms. The Labute approximate surface area is 387 Å². The highest BCUT2D eigenvalue weighted by Gasteiger charge is 2.38. The Morgan fingerprint density at radius 2 is 0.881 bits per heavy atom. The van der Waals surface area contributed by atoms with E-state index in [1.54, 1.807) is 0 Å². The highest BCUT2D eigenvalue weighted by Crippen LogP contribution is 2.52. The third-order valence-corrected chi connectivity index (χ3v) is 13.5. The third-order valence-electron chi connectivity index (χ3n) is 13.5. The van der Waals surface area contributed by atoms with Crippen molar-refractivity contribution in [2.45, 2.75) is 19.3 Å². The molecule has 0 aliphatic heterocycles. The second-order valence-electron chi connectivity index (χ2n) is 17.9. The zero-order valence-electron chi connectivity index (χ0n) is 36.9. The van der Waals surface area contributed by atoms with Gasteiger partial charge >= 0.3 is 0 Å². The van der Waals surface area contributed by atoms with E-state index in [1.807, 2.05) is 91.0 Å². The van der Waals surface area contributed by atoms with E-state index in [0.29, 0.717) is 23.4 Å². The number of hydrogen-bond donors (Lipinski definition) is 0. The van der Waals surface area contributed by atoms with Gasteiger partial charge in [-0.2, -0.15) is 0 Å². The van der Waals surface area contributed by atoms with Crippen LogP contribution in [0, 0.1) is 0 Å². The van der Waals surface area contributed by atoms with Crippen LogP contribution in [0.3, 0.4) is 0 Å². The van der Waals surface area contributed by atoms with Gasteiger partial charge in [-0.05, 0) is 105 Å². The van der Waals surface area contributed by atoms with Crippen LogP contribution in [0.4, 0.5) is 0 Å². The molecule has 0 N–H and O–H groups in total. The molecule has 3 aromatic heterocycles. The Morgan fingerprint density at radius 1 is 0.388 bits per heavy atom. The average molecular weight is 860 g/mol. The number of benzene rings is 9. The summed E-state index contributed by atoms with van der Waals surface area (Å²) in [6, 6.07) is 74.6. The lowest BCUT2D eigenvalue weighted by molar-refractivity contribution is 0.619. The summed E-state index contributed by atoms with van der Waals surface area (Å²) >= 11 is 0. The van der Waals surface area contributed by atoms with Crippen molar-refractivity contribution in [2.24, 2.45) is 0 Å². The quantitative estimate of drug-likeness (QED) is 0.160. The maximum Gasteiger partial charge on any atom is 0.227 e. The van der Waals surface area contributed by atoms with Crippen LogP contribution in [0.1, 0.15) is 25.0 Å². The van der Waals surface area contributed by atoms with Crippen LogP contribution in [0.25, 0.3) is 118 Å². The maximum atomic E-state index is 6.36. The van der Waals surface area contributed by atoms with E-state index in [9.17, 15) is 0 Å². The molecule has 0 spiro atoms. The molecule has 1 aliphatic rings. The third kappa shape index (κ3) is 6.40. The molecule has 1 aliphatic carbocycles. The second-order valence-corrected chi connectivity index (χ2v) is 17.9. The largest absolute Gasteiger partial charge is 0.436 e. The van der Waals surface area contributed by atoms with Gasteiger partial charge in [0.2, 0.25) is 5.89 Å². The van der Waals surface area contributed by atoms with Gasteiger partial charge in [-0.15, -0.1) is 0 Å². The van der Waals surface area contributed by atoms with E-state index in [1.165, 1.54) is 49.7 Å². The molecule has 0 atom stereocenters. The molecule has 0 amide bonds. The molecule has 0 fully saturated rings. The average Bonchev–Trinajstić information content (AvgIpc) is 4.05. The van der Waals surface area contributed by atoms with Crippen LogP contribution in [0.5, 0.6) is 0 Å². The molecular weight excluding hydrogens is 819 g/mol. The van der Waals surface area contributed by atoms with Crippen molar-refractivity contribution in [3.05, 3.63) is 223 Å². The van der Waals surface area contributed by atoms with Gasteiger partial charge in [-0.3, -0.25) is 0 Å². The lowest BCUT2D eigenvalue weighted by atomic mass is 9.81. The molecule has 0 saturated carbocycles. The number of nitrogens with zero attached hydrogens (tertiary/aromatic N) is 5. The van der Waals surface area contributed by atoms with Gasteiger partial charge in [-0.25, -0.2) is 19.9 Å². The highest BCUT2D eigenvalue weighted by atomic mass is 16.3. The molecule has 0 saturated heterocycles. The van der Waals surface area contributed by atoms with Gasteiger partial charge in [0.05, 0.1) is 11.0 Å². The zero-order chi connectivity index (χ0) is 44.6. The summed E-state index contributed by atoms with van der Waals surface area (Å²) in [7, 11) is 0. The first kappa shape index (κ1) is 38.7. The molecule has 0 radical (unpaired) electrons. The van der Waals surface area contributed by atoms with Crippen LogP contribution < -0.4 is 0 Å². The van der Waals surface area contributed by atoms with Crippen molar-refractivity contribution in [3.8, 4) is 84.7 Å². The van der Waals surface area contributed by atoms with Crippen molar-refractivity contribution >= 4 is 32.9 Å². The first-order valence-corrected chi connectivity index (χ1v) is 22.7. The van der Waals surface area contributed by atoms with Crippen molar-refractivity contribution in [1.29, 1.82) is 0 Å². The molecule has 6 heteroatoms. The predicted octanol–water partition coefficient (Wildman–Crippen LogP) is 15.4. The Morgan fingerprint density at radius 3 is 1.49 bits per heavy atom. The first-order valence-electron chi connectivity index (χ1n) is 22.7. The molecule has 13 rings (SSSR count). The Balaban J connectivity index is 0.947. The molecule has 316 valence electrons. The summed E-state index contributed by atoms with van der Waals surface area (Å²) in [5.74, 6) is 2.53. The van der Waals surface area contributed by atoms with Crippen molar-refractivity contribution in [1.82, 2.24) is 24.5 Å². The first-order chi connectivity index (χ1) is 32.9. The van der Waals surface area contributed by atoms with Gasteiger partial charge in [0.15, 0.2) is 23.1 Å². The molecule has 9 aromatic carbocycles. The van der Waals surface area contributed by atoms with Gasteiger partial charge < -0.3 is 8.98 Å². The number of aromatic nitrogens is 5. The fourth-order valence-electron chi connectivity index (χ4n) is 10.2. The fourth-order valence-corrected chi connectivity index (χ4v) is 10.2. The van der Waals surface area contributed by atoms with Crippen LogP contribution >= 0.6 is 0 Å². The fraction of sp³-hybridized carbons (Fsp3) is 0.0492. The minimum Gasteiger partial charge on any atom is -0.436 e. The summed E-state index contributed by atoms with van der Waals surface area (Å²) in [6.45, 7) is 4.63. The molecule has 67 heavy (non-hydrogen) atoms. The normalized spacial score (nSPS) is 12.7. The predicted molar refractivity (Wildman–Crippen MR) is 272 cm³/mol. The van der Waals surface area contributed by atoms with Gasteiger partial charge in [-0.1, -0.05) is 166 Å². The molecule has 6 nitrogen and oxygen atoms in total.